The van der Waals surface area contributed by atoms with Crippen LogP contribution in [0.15, 0.2) is 42.6 Å². The Morgan fingerprint density at radius 3 is 2.65 bits per heavy atom. The molecule has 23 heavy (non-hydrogen) atoms. The minimum atomic E-state index is 0.466. The second kappa shape index (κ2) is 8.13. The van der Waals surface area contributed by atoms with Gasteiger partial charge < -0.3 is 9.64 Å². The standard InChI is InChI=1S/C17H21ClN4O/c18-15-5-3-7-17(20-15)23-14-4-9-21-10-12-22(13-11-21)16-6-1-2-8-19-16/h1-3,5-8H,4,9-14H2. The molecule has 0 amide bonds. The molecule has 1 fully saturated rings. The van der Waals surface area contributed by atoms with Crippen LogP contribution >= 0.6 is 11.6 Å². The van der Waals surface area contributed by atoms with Crippen molar-refractivity contribution in [1.82, 2.24) is 14.9 Å². The van der Waals surface area contributed by atoms with Gasteiger partial charge in [-0.3, -0.25) is 4.90 Å². The van der Waals surface area contributed by atoms with E-state index in [0.29, 0.717) is 17.6 Å². The van der Waals surface area contributed by atoms with Crippen molar-refractivity contribution in [2.45, 2.75) is 6.42 Å². The molecule has 0 unspecified atom stereocenters. The second-order valence-corrected chi connectivity index (χ2v) is 5.90. The number of ether oxygens (including phenoxy) is 1. The topological polar surface area (TPSA) is 41.5 Å². The average molecular weight is 333 g/mol. The van der Waals surface area contributed by atoms with E-state index in [4.69, 9.17) is 16.3 Å². The number of aromatic nitrogens is 2. The first-order valence-electron chi connectivity index (χ1n) is 7.95. The first-order valence-corrected chi connectivity index (χ1v) is 8.33. The number of rotatable bonds is 6. The monoisotopic (exact) mass is 332 g/mol. The van der Waals surface area contributed by atoms with Gasteiger partial charge in [0.1, 0.15) is 11.0 Å². The molecule has 0 N–H and O–H groups in total. The molecule has 122 valence electrons. The highest BCUT2D eigenvalue weighted by Gasteiger charge is 2.17. The first-order chi connectivity index (χ1) is 11.3. The normalized spacial score (nSPS) is 15.6. The Kier molecular flexibility index (Phi) is 5.66. The average Bonchev–Trinajstić information content (AvgIpc) is 2.60. The third kappa shape index (κ3) is 4.81. The van der Waals surface area contributed by atoms with Gasteiger partial charge in [-0.25, -0.2) is 9.97 Å². The Morgan fingerprint density at radius 2 is 1.91 bits per heavy atom. The molecular formula is C17H21ClN4O. The number of anilines is 1. The van der Waals surface area contributed by atoms with Crippen LogP contribution in [-0.4, -0.2) is 54.2 Å². The van der Waals surface area contributed by atoms with Gasteiger partial charge in [0.15, 0.2) is 0 Å². The van der Waals surface area contributed by atoms with Crippen molar-refractivity contribution in [1.29, 1.82) is 0 Å². The Bertz CT molecular complexity index is 603. The summed E-state index contributed by atoms with van der Waals surface area (Å²) >= 11 is 5.83. The van der Waals surface area contributed by atoms with Crippen LogP contribution in [-0.2, 0) is 0 Å². The predicted octanol–water partition coefficient (Wildman–Crippen LogP) is 2.72. The highest BCUT2D eigenvalue weighted by Crippen LogP contribution is 2.13. The molecule has 0 aromatic carbocycles. The summed E-state index contributed by atoms with van der Waals surface area (Å²) in [6.07, 6.45) is 2.83. The van der Waals surface area contributed by atoms with Crippen molar-refractivity contribution in [2.75, 3.05) is 44.2 Å². The fraction of sp³-hybridized carbons (Fsp3) is 0.412. The quantitative estimate of drug-likeness (QED) is 0.601. The number of hydrogen-bond donors (Lipinski definition) is 0. The van der Waals surface area contributed by atoms with Crippen LogP contribution in [0.4, 0.5) is 5.82 Å². The molecule has 5 nitrogen and oxygen atoms in total. The molecule has 1 aliphatic heterocycles. The Labute approximate surface area is 141 Å². The lowest BCUT2D eigenvalue weighted by Crippen LogP contribution is -2.47. The van der Waals surface area contributed by atoms with Gasteiger partial charge in [-0.1, -0.05) is 23.7 Å². The molecule has 0 atom stereocenters. The van der Waals surface area contributed by atoms with Crippen LogP contribution in [0, 0.1) is 0 Å². The minimum Gasteiger partial charge on any atom is -0.478 e. The second-order valence-electron chi connectivity index (χ2n) is 5.52. The maximum absolute atomic E-state index is 5.83. The lowest BCUT2D eigenvalue weighted by atomic mass is 10.3. The molecule has 1 saturated heterocycles. The zero-order valence-electron chi connectivity index (χ0n) is 13.1. The minimum absolute atomic E-state index is 0.466. The van der Waals surface area contributed by atoms with Crippen molar-refractivity contribution in [3.8, 4) is 5.88 Å². The molecule has 1 aliphatic rings. The summed E-state index contributed by atoms with van der Waals surface area (Å²) in [5, 5.41) is 0.466. The summed E-state index contributed by atoms with van der Waals surface area (Å²) in [6.45, 7) is 5.86. The van der Waals surface area contributed by atoms with E-state index in [2.05, 4.69) is 25.8 Å². The summed E-state index contributed by atoms with van der Waals surface area (Å²) in [6, 6.07) is 11.5. The molecule has 0 spiro atoms. The fourth-order valence-electron chi connectivity index (χ4n) is 2.68. The van der Waals surface area contributed by atoms with Crippen LogP contribution in [0.5, 0.6) is 5.88 Å². The summed E-state index contributed by atoms with van der Waals surface area (Å²) < 4.78 is 5.63. The Hall–Kier alpha value is -1.85. The van der Waals surface area contributed by atoms with Crippen molar-refractivity contribution < 1.29 is 4.74 Å². The van der Waals surface area contributed by atoms with Crippen LogP contribution < -0.4 is 9.64 Å². The highest BCUT2D eigenvalue weighted by molar-refractivity contribution is 6.29. The summed E-state index contributed by atoms with van der Waals surface area (Å²) in [4.78, 5) is 13.3. The van der Waals surface area contributed by atoms with Crippen LogP contribution in [0.25, 0.3) is 0 Å². The Morgan fingerprint density at radius 1 is 1.04 bits per heavy atom. The van der Waals surface area contributed by atoms with E-state index in [1.54, 1.807) is 6.07 Å². The number of hydrogen-bond acceptors (Lipinski definition) is 5. The van der Waals surface area contributed by atoms with Gasteiger partial charge in [0, 0.05) is 45.0 Å². The maximum Gasteiger partial charge on any atom is 0.214 e. The van der Waals surface area contributed by atoms with E-state index < -0.39 is 0 Å². The third-order valence-electron chi connectivity index (χ3n) is 3.90. The number of piperazine rings is 1. The maximum atomic E-state index is 5.83. The van der Waals surface area contributed by atoms with E-state index in [-0.39, 0.29) is 0 Å². The molecule has 2 aromatic rings. The molecule has 3 rings (SSSR count). The molecule has 6 heteroatoms. The molecule has 0 bridgehead atoms. The largest absolute Gasteiger partial charge is 0.478 e. The SMILES string of the molecule is Clc1cccc(OCCCN2CCN(c3ccccn3)CC2)n1. The van der Waals surface area contributed by atoms with Gasteiger partial charge in [-0.15, -0.1) is 0 Å². The summed E-state index contributed by atoms with van der Waals surface area (Å²) in [7, 11) is 0. The van der Waals surface area contributed by atoms with Gasteiger partial charge in [0.25, 0.3) is 0 Å². The van der Waals surface area contributed by atoms with E-state index in [9.17, 15) is 0 Å². The van der Waals surface area contributed by atoms with Gasteiger partial charge in [0.05, 0.1) is 6.61 Å². The Balaban J connectivity index is 1.35. The smallest absolute Gasteiger partial charge is 0.214 e. The van der Waals surface area contributed by atoms with Crippen LogP contribution in [0.3, 0.4) is 0 Å². The molecule has 0 aliphatic carbocycles. The molecule has 0 radical (unpaired) electrons. The summed E-state index contributed by atoms with van der Waals surface area (Å²) in [5.74, 6) is 1.67. The highest BCUT2D eigenvalue weighted by atomic mass is 35.5. The summed E-state index contributed by atoms with van der Waals surface area (Å²) in [5.41, 5.74) is 0. The molecule has 2 aromatic heterocycles. The van der Waals surface area contributed by atoms with Gasteiger partial charge in [0.2, 0.25) is 5.88 Å². The van der Waals surface area contributed by atoms with Crippen LogP contribution in [0.2, 0.25) is 5.15 Å². The van der Waals surface area contributed by atoms with E-state index >= 15 is 0 Å². The van der Waals surface area contributed by atoms with Crippen molar-refractivity contribution >= 4 is 17.4 Å². The number of halogens is 1. The van der Waals surface area contributed by atoms with Gasteiger partial charge in [-0.05, 0) is 24.6 Å². The molecule has 0 saturated carbocycles. The van der Waals surface area contributed by atoms with Crippen molar-refractivity contribution in [3.63, 3.8) is 0 Å². The van der Waals surface area contributed by atoms with Crippen molar-refractivity contribution in [3.05, 3.63) is 47.7 Å². The zero-order chi connectivity index (χ0) is 15.9. The third-order valence-corrected chi connectivity index (χ3v) is 4.11. The number of nitrogens with zero attached hydrogens (tertiary/aromatic N) is 4. The molecular weight excluding hydrogens is 312 g/mol. The van der Waals surface area contributed by atoms with E-state index in [0.717, 1.165) is 45.0 Å². The number of pyridine rings is 2. The fourth-order valence-corrected chi connectivity index (χ4v) is 2.83. The zero-order valence-corrected chi connectivity index (χ0v) is 13.8. The van der Waals surface area contributed by atoms with E-state index in [1.807, 2.05) is 30.5 Å². The van der Waals surface area contributed by atoms with Gasteiger partial charge in [-0.2, -0.15) is 0 Å². The van der Waals surface area contributed by atoms with Crippen LogP contribution in [0.1, 0.15) is 6.42 Å². The predicted molar refractivity (Wildman–Crippen MR) is 92.2 cm³/mol. The van der Waals surface area contributed by atoms with Crippen molar-refractivity contribution in [2.24, 2.45) is 0 Å². The lowest BCUT2D eigenvalue weighted by Gasteiger charge is -2.35. The molecule has 3 heterocycles. The van der Waals surface area contributed by atoms with E-state index in [1.165, 1.54) is 0 Å². The first kappa shape index (κ1) is 16.0. The lowest BCUT2D eigenvalue weighted by molar-refractivity contribution is 0.221. The van der Waals surface area contributed by atoms with Gasteiger partial charge >= 0.3 is 0 Å².